The number of rotatable bonds is 11. The van der Waals surface area contributed by atoms with Gasteiger partial charge in [0, 0.05) is 22.3 Å². The van der Waals surface area contributed by atoms with Crippen LogP contribution in [-0.4, -0.2) is 43.6 Å². The molecule has 0 aromatic heterocycles. The normalized spacial score (nSPS) is 14.0. The molecule has 0 radical (unpaired) electrons. The number of hydrogen-bond acceptors (Lipinski definition) is 7. The first-order valence-corrected chi connectivity index (χ1v) is 14.2. The standard InChI is InChI=1S/C30H26Cl3N3O7/c1-3-11-42-25-10-7-20(15-26(25)41-4-2)36-29(39)21(28(38)35-30(36)40)13-17-12-18(31)5-9-24(17)43-16-27(37)34-19-6-8-22(32)23(33)14-19/h5-10,12-15H,3-4,11,16H2,1-2H3,(H,34,37)(H,35,38,40)/b21-13+. The minimum atomic E-state index is -0.932. The topological polar surface area (TPSA) is 123 Å². The Morgan fingerprint density at radius 1 is 0.884 bits per heavy atom. The first-order chi connectivity index (χ1) is 20.6. The number of amides is 5. The van der Waals surface area contributed by atoms with Crippen LogP contribution in [0.15, 0.2) is 60.2 Å². The first kappa shape index (κ1) is 31.7. The van der Waals surface area contributed by atoms with Crippen molar-refractivity contribution in [1.82, 2.24) is 5.32 Å². The van der Waals surface area contributed by atoms with Gasteiger partial charge in [-0.3, -0.25) is 19.7 Å². The van der Waals surface area contributed by atoms with Crippen LogP contribution in [-0.2, 0) is 14.4 Å². The molecular formula is C30H26Cl3N3O7. The minimum Gasteiger partial charge on any atom is -0.490 e. The lowest BCUT2D eigenvalue weighted by Gasteiger charge is -2.27. The molecule has 13 heteroatoms. The molecule has 1 fully saturated rings. The van der Waals surface area contributed by atoms with Gasteiger partial charge in [-0.15, -0.1) is 0 Å². The third kappa shape index (κ3) is 7.78. The number of urea groups is 1. The second kappa shape index (κ2) is 14.3. The lowest BCUT2D eigenvalue weighted by molar-refractivity contribution is -0.122. The van der Waals surface area contributed by atoms with Crippen molar-refractivity contribution < 1.29 is 33.4 Å². The number of anilines is 2. The van der Waals surface area contributed by atoms with Crippen molar-refractivity contribution in [3.8, 4) is 17.2 Å². The van der Waals surface area contributed by atoms with Gasteiger partial charge < -0.3 is 19.5 Å². The van der Waals surface area contributed by atoms with Gasteiger partial charge in [0.25, 0.3) is 17.7 Å². The molecule has 5 amide bonds. The summed E-state index contributed by atoms with van der Waals surface area (Å²) in [5.74, 6) is -1.37. The van der Waals surface area contributed by atoms with Gasteiger partial charge in [0.1, 0.15) is 11.3 Å². The van der Waals surface area contributed by atoms with Crippen molar-refractivity contribution in [2.45, 2.75) is 20.3 Å². The van der Waals surface area contributed by atoms with Crippen molar-refractivity contribution >= 4 is 76.0 Å². The van der Waals surface area contributed by atoms with E-state index in [1.807, 2.05) is 6.92 Å². The molecule has 1 aliphatic heterocycles. The SMILES string of the molecule is CCCOc1ccc(N2C(=O)NC(=O)/C(=C\c3cc(Cl)ccc3OCC(=O)Nc3ccc(Cl)c(Cl)c3)C2=O)cc1OCC. The first-order valence-electron chi connectivity index (χ1n) is 13.1. The van der Waals surface area contributed by atoms with E-state index in [2.05, 4.69) is 10.6 Å². The van der Waals surface area contributed by atoms with E-state index < -0.39 is 30.4 Å². The summed E-state index contributed by atoms with van der Waals surface area (Å²) in [6, 6.07) is 12.7. The van der Waals surface area contributed by atoms with E-state index in [0.717, 1.165) is 11.3 Å². The zero-order chi connectivity index (χ0) is 31.1. The Morgan fingerprint density at radius 2 is 1.65 bits per heavy atom. The number of nitrogens with one attached hydrogen (secondary N) is 2. The molecule has 224 valence electrons. The fourth-order valence-corrected chi connectivity index (χ4v) is 4.44. The summed E-state index contributed by atoms with van der Waals surface area (Å²) in [5.41, 5.74) is 0.431. The van der Waals surface area contributed by atoms with Crippen LogP contribution in [0.5, 0.6) is 17.2 Å². The maximum atomic E-state index is 13.5. The zero-order valence-corrected chi connectivity index (χ0v) is 25.3. The molecule has 0 spiro atoms. The number of ether oxygens (including phenoxy) is 3. The Kier molecular flexibility index (Phi) is 10.5. The quantitative estimate of drug-likeness (QED) is 0.180. The molecule has 4 rings (SSSR count). The monoisotopic (exact) mass is 645 g/mol. The molecule has 1 heterocycles. The number of nitrogens with zero attached hydrogens (tertiary/aromatic N) is 1. The summed E-state index contributed by atoms with van der Waals surface area (Å²) in [6.45, 7) is 4.09. The van der Waals surface area contributed by atoms with E-state index in [4.69, 9.17) is 49.0 Å². The van der Waals surface area contributed by atoms with E-state index in [-0.39, 0.29) is 32.6 Å². The number of carbonyl (C=O) groups is 4. The van der Waals surface area contributed by atoms with Gasteiger partial charge in [-0.1, -0.05) is 41.7 Å². The van der Waals surface area contributed by atoms with Crippen LogP contribution in [0.4, 0.5) is 16.2 Å². The predicted octanol–water partition coefficient (Wildman–Crippen LogP) is 6.52. The van der Waals surface area contributed by atoms with Gasteiger partial charge in [-0.2, -0.15) is 0 Å². The molecule has 0 bridgehead atoms. The second-order valence-electron chi connectivity index (χ2n) is 9.02. The minimum absolute atomic E-state index is 0.154. The Hall–Kier alpha value is -4.25. The van der Waals surface area contributed by atoms with Crippen molar-refractivity contribution in [3.05, 3.63) is 80.8 Å². The van der Waals surface area contributed by atoms with Gasteiger partial charge in [-0.05, 0) is 68.0 Å². The predicted molar refractivity (Wildman–Crippen MR) is 164 cm³/mol. The van der Waals surface area contributed by atoms with Crippen molar-refractivity contribution in [1.29, 1.82) is 0 Å². The van der Waals surface area contributed by atoms with E-state index >= 15 is 0 Å². The van der Waals surface area contributed by atoms with Crippen molar-refractivity contribution in [2.24, 2.45) is 0 Å². The molecule has 2 N–H and O–H groups in total. The highest BCUT2D eigenvalue weighted by molar-refractivity contribution is 6.42. The summed E-state index contributed by atoms with van der Waals surface area (Å²) in [7, 11) is 0. The van der Waals surface area contributed by atoms with E-state index in [0.29, 0.717) is 35.4 Å². The molecule has 1 aliphatic rings. The molecule has 0 unspecified atom stereocenters. The molecule has 1 saturated heterocycles. The van der Waals surface area contributed by atoms with Crippen LogP contribution in [0.1, 0.15) is 25.8 Å². The number of hydrogen-bond donors (Lipinski definition) is 2. The van der Waals surface area contributed by atoms with Gasteiger partial charge in [-0.25, -0.2) is 9.69 Å². The van der Waals surface area contributed by atoms with Gasteiger partial charge in [0.05, 0.1) is 28.9 Å². The summed E-state index contributed by atoms with van der Waals surface area (Å²) in [4.78, 5) is 52.5. The average molecular weight is 647 g/mol. The molecule has 10 nitrogen and oxygen atoms in total. The fourth-order valence-electron chi connectivity index (χ4n) is 3.96. The molecule has 43 heavy (non-hydrogen) atoms. The molecule has 0 aliphatic carbocycles. The summed E-state index contributed by atoms with van der Waals surface area (Å²) in [5, 5.41) is 5.70. The van der Waals surface area contributed by atoms with E-state index in [1.54, 1.807) is 19.1 Å². The Balaban J connectivity index is 1.59. The maximum absolute atomic E-state index is 13.5. The van der Waals surface area contributed by atoms with Crippen LogP contribution in [0.25, 0.3) is 6.08 Å². The lowest BCUT2D eigenvalue weighted by atomic mass is 10.1. The number of carbonyl (C=O) groups excluding carboxylic acids is 4. The summed E-state index contributed by atoms with van der Waals surface area (Å²) >= 11 is 18.1. The lowest BCUT2D eigenvalue weighted by Crippen LogP contribution is -2.54. The highest BCUT2D eigenvalue weighted by Gasteiger charge is 2.37. The summed E-state index contributed by atoms with van der Waals surface area (Å²) < 4.78 is 17.0. The maximum Gasteiger partial charge on any atom is 0.335 e. The molecule has 3 aromatic rings. The van der Waals surface area contributed by atoms with E-state index in [1.165, 1.54) is 48.5 Å². The molecule has 0 saturated carbocycles. The van der Waals surface area contributed by atoms with Crippen LogP contribution >= 0.6 is 34.8 Å². The third-order valence-electron chi connectivity index (χ3n) is 5.88. The Labute approximate surface area is 262 Å². The zero-order valence-electron chi connectivity index (χ0n) is 23.0. The number of imide groups is 2. The second-order valence-corrected chi connectivity index (χ2v) is 10.3. The fraction of sp³-hybridized carbons (Fsp3) is 0.200. The molecule has 3 aromatic carbocycles. The van der Waals surface area contributed by atoms with Crippen molar-refractivity contribution in [3.63, 3.8) is 0 Å². The Morgan fingerprint density at radius 3 is 2.37 bits per heavy atom. The number of benzene rings is 3. The largest absolute Gasteiger partial charge is 0.490 e. The number of barbiturate groups is 1. The van der Waals surface area contributed by atoms with Gasteiger partial charge in [0.15, 0.2) is 18.1 Å². The average Bonchev–Trinajstić information content (AvgIpc) is 2.96. The van der Waals surface area contributed by atoms with E-state index in [9.17, 15) is 19.2 Å². The highest BCUT2D eigenvalue weighted by atomic mass is 35.5. The summed E-state index contributed by atoms with van der Waals surface area (Å²) in [6.07, 6.45) is 2.01. The third-order valence-corrected chi connectivity index (χ3v) is 6.86. The van der Waals surface area contributed by atoms with Gasteiger partial charge in [0.2, 0.25) is 0 Å². The molecule has 0 atom stereocenters. The van der Waals surface area contributed by atoms with Crippen LogP contribution in [0.2, 0.25) is 15.1 Å². The highest BCUT2D eigenvalue weighted by Crippen LogP contribution is 2.34. The van der Waals surface area contributed by atoms with Crippen LogP contribution in [0, 0.1) is 0 Å². The van der Waals surface area contributed by atoms with Gasteiger partial charge >= 0.3 is 6.03 Å². The van der Waals surface area contributed by atoms with Crippen molar-refractivity contribution in [2.75, 3.05) is 30.0 Å². The number of halogens is 3. The van der Waals surface area contributed by atoms with Crippen LogP contribution < -0.4 is 29.7 Å². The Bertz CT molecular complexity index is 1610. The molecular weight excluding hydrogens is 621 g/mol. The van der Waals surface area contributed by atoms with Crippen LogP contribution in [0.3, 0.4) is 0 Å². The smallest absolute Gasteiger partial charge is 0.335 e.